The third-order valence-electron chi connectivity index (χ3n) is 3.56. The Morgan fingerprint density at radius 1 is 1.42 bits per heavy atom. The highest BCUT2D eigenvalue weighted by Gasteiger charge is 2.20. The van der Waals surface area contributed by atoms with Crippen LogP contribution in [0.5, 0.6) is 0 Å². The molecule has 0 spiro atoms. The molecule has 3 rings (SSSR count). The van der Waals surface area contributed by atoms with Gasteiger partial charge in [-0.2, -0.15) is 5.10 Å². The number of anilines is 1. The van der Waals surface area contributed by atoms with Gasteiger partial charge in [0, 0.05) is 30.4 Å². The van der Waals surface area contributed by atoms with E-state index in [1.165, 1.54) is 0 Å². The molecule has 1 aliphatic rings. The quantitative estimate of drug-likeness (QED) is 0.863. The summed E-state index contributed by atoms with van der Waals surface area (Å²) in [5.41, 5.74) is 2.20. The molecule has 0 aromatic carbocycles. The lowest BCUT2D eigenvalue weighted by atomic mass is 9.92. The molecule has 19 heavy (non-hydrogen) atoms. The van der Waals surface area contributed by atoms with E-state index in [4.69, 9.17) is 0 Å². The number of fused-ring (bicyclic) bond motifs is 1. The zero-order chi connectivity index (χ0) is 13.5. The minimum atomic E-state index is 0.0538. The van der Waals surface area contributed by atoms with E-state index in [0.717, 1.165) is 36.5 Å². The SMILES string of the molecule is CC(C)(C)c1cc2c(NC3CCNC3)nccn2n1. The summed E-state index contributed by atoms with van der Waals surface area (Å²) in [6.45, 7) is 8.61. The Hall–Kier alpha value is -1.62. The summed E-state index contributed by atoms with van der Waals surface area (Å²) in [6, 6.07) is 2.60. The van der Waals surface area contributed by atoms with Gasteiger partial charge in [0.15, 0.2) is 5.82 Å². The van der Waals surface area contributed by atoms with Gasteiger partial charge in [-0.15, -0.1) is 0 Å². The Balaban J connectivity index is 1.97. The van der Waals surface area contributed by atoms with Crippen molar-refractivity contribution in [3.8, 4) is 0 Å². The van der Waals surface area contributed by atoms with Crippen LogP contribution in [-0.4, -0.2) is 33.7 Å². The second-order valence-corrected chi connectivity index (χ2v) is 6.22. The van der Waals surface area contributed by atoms with Crippen molar-refractivity contribution in [3.63, 3.8) is 0 Å². The molecule has 3 heterocycles. The molecule has 1 saturated heterocycles. The standard InChI is InChI=1S/C14H21N5/c1-14(2,3)12-8-11-13(16-6-7-19(11)18-12)17-10-4-5-15-9-10/h6-8,10,15H,4-5,9H2,1-3H3,(H,16,17). The molecule has 1 atom stereocenters. The van der Waals surface area contributed by atoms with E-state index in [-0.39, 0.29) is 5.41 Å². The molecular formula is C14H21N5. The van der Waals surface area contributed by atoms with Gasteiger partial charge in [0.2, 0.25) is 0 Å². The fourth-order valence-electron chi connectivity index (χ4n) is 2.37. The average molecular weight is 259 g/mol. The highest BCUT2D eigenvalue weighted by atomic mass is 15.2. The number of hydrogen-bond acceptors (Lipinski definition) is 4. The summed E-state index contributed by atoms with van der Waals surface area (Å²) < 4.78 is 1.91. The van der Waals surface area contributed by atoms with Crippen molar-refractivity contribution >= 4 is 11.3 Å². The number of rotatable bonds is 2. The number of nitrogens with one attached hydrogen (secondary N) is 2. The van der Waals surface area contributed by atoms with E-state index in [1.807, 2.05) is 10.7 Å². The van der Waals surface area contributed by atoms with Crippen molar-refractivity contribution in [1.29, 1.82) is 0 Å². The maximum Gasteiger partial charge on any atom is 0.152 e. The van der Waals surface area contributed by atoms with Crippen LogP contribution in [0.4, 0.5) is 5.82 Å². The largest absolute Gasteiger partial charge is 0.364 e. The first kappa shape index (κ1) is 12.4. The zero-order valence-electron chi connectivity index (χ0n) is 11.8. The Morgan fingerprint density at radius 3 is 2.95 bits per heavy atom. The van der Waals surface area contributed by atoms with Crippen LogP contribution in [0.1, 0.15) is 32.9 Å². The predicted molar refractivity (Wildman–Crippen MR) is 76.6 cm³/mol. The molecule has 2 aromatic heterocycles. The van der Waals surface area contributed by atoms with Crippen LogP contribution in [0.3, 0.4) is 0 Å². The lowest BCUT2D eigenvalue weighted by Gasteiger charge is -2.13. The Labute approximate surface area is 113 Å². The summed E-state index contributed by atoms with van der Waals surface area (Å²) in [5.74, 6) is 0.930. The normalized spacial score (nSPS) is 20.1. The Kier molecular flexibility index (Phi) is 2.93. The van der Waals surface area contributed by atoms with Gasteiger partial charge in [0.05, 0.1) is 5.69 Å². The van der Waals surface area contributed by atoms with Crippen LogP contribution in [-0.2, 0) is 5.41 Å². The lowest BCUT2D eigenvalue weighted by molar-refractivity contribution is 0.562. The second kappa shape index (κ2) is 4.49. The number of aromatic nitrogens is 3. The highest BCUT2D eigenvalue weighted by molar-refractivity contribution is 5.68. The van der Waals surface area contributed by atoms with E-state index in [9.17, 15) is 0 Å². The summed E-state index contributed by atoms with van der Waals surface area (Å²) in [5, 5.41) is 11.5. The van der Waals surface area contributed by atoms with E-state index in [0.29, 0.717) is 6.04 Å². The van der Waals surface area contributed by atoms with E-state index in [2.05, 4.69) is 47.6 Å². The van der Waals surface area contributed by atoms with Gasteiger partial charge in [-0.05, 0) is 19.0 Å². The van der Waals surface area contributed by atoms with Gasteiger partial charge < -0.3 is 10.6 Å². The van der Waals surface area contributed by atoms with Gasteiger partial charge in [0.25, 0.3) is 0 Å². The van der Waals surface area contributed by atoms with Crippen LogP contribution < -0.4 is 10.6 Å². The highest BCUT2D eigenvalue weighted by Crippen LogP contribution is 2.25. The van der Waals surface area contributed by atoms with Crippen molar-refractivity contribution in [2.24, 2.45) is 0 Å². The predicted octanol–water partition coefficient (Wildman–Crippen LogP) is 1.80. The van der Waals surface area contributed by atoms with Gasteiger partial charge in [-0.3, -0.25) is 0 Å². The molecule has 5 heteroatoms. The maximum absolute atomic E-state index is 4.64. The number of nitrogens with zero attached hydrogens (tertiary/aromatic N) is 3. The Bertz CT molecular complexity index is 575. The zero-order valence-corrected chi connectivity index (χ0v) is 11.8. The van der Waals surface area contributed by atoms with Crippen LogP contribution in [0.2, 0.25) is 0 Å². The lowest BCUT2D eigenvalue weighted by Crippen LogP contribution is -2.23. The van der Waals surface area contributed by atoms with Crippen LogP contribution in [0.25, 0.3) is 5.52 Å². The first-order valence-corrected chi connectivity index (χ1v) is 6.86. The molecule has 0 saturated carbocycles. The average Bonchev–Trinajstić information content (AvgIpc) is 2.96. The number of hydrogen-bond donors (Lipinski definition) is 2. The summed E-state index contributed by atoms with van der Waals surface area (Å²) >= 11 is 0. The van der Waals surface area contributed by atoms with E-state index < -0.39 is 0 Å². The third-order valence-corrected chi connectivity index (χ3v) is 3.56. The van der Waals surface area contributed by atoms with Crippen molar-refractivity contribution < 1.29 is 0 Å². The molecule has 1 fully saturated rings. The van der Waals surface area contributed by atoms with Crippen molar-refractivity contribution in [1.82, 2.24) is 19.9 Å². The first-order chi connectivity index (χ1) is 9.04. The molecule has 0 aliphatic carbocycles. The molecule has 102 valence electrons. The molecule has 0 bridgehead atoms. The van der Waals surface area contributed by atoms with Crippen LogP contribution in [0, 0.1) is 0 Å². The first-order valence-electron chi connectivity index (χ1n) is 6.86. The fourth-order valence-corrected chi connectivity index (χ4v) is 2.37. The van der Waals surface area contributed by atoms with Crippen molar-refractivity contribution in [2.75, 3.05) is 18.4 Å². The topological polar surface area (TPSA) is 54.2 Å². The fraction of sp³-hybridized carbons (Fsp3) is 0.571. The minimum absolute atomic E-state index is 0.0538. The smallest absolute Gasteiger partial charge is 0.152 e. The molecule has 1 unspecified atom stereocenters. The van der Waals surface area contributed by atoms with Crippen LogP contribution in [0.15, 0.2) is 18.5 Å². The van der Waals surface area contributed by atoms with E-state index >= 15 is 0 Å². The summed E-state index contributed by atoms with van der Waals surface area (Å²) in [4.78, 5) is 4.47. The monoisotopic (exact) mass is 259 g/mol. The molecule has 0 amide bonds. The van der Waals surface area contributed by atoms with E-state index in [1.54, 1.807) is 6.20 Å². The molecular weight excluding hydrogens is 238 g/mol. The summed E-state index contributed by atoms with van der Waals surface area (Å²) in [6.07, 6.45) is 4.85. The van der Waals surface area contributed by atoms with Gasteiger partial charge in [0.1, 0.15) is 5.52 Å². The van der Waals surface area contributed by atoms with Gasteiger partial charge in [-0.25, -0.2) is 9.50 Å². The van der Waals surface area contributed by atoms with Crippen molar-refractivity contribution in [3.05, 3.63) is 24.2 Å². The van der Waals surface area contributed by atoms with Gasteiger partial charge in [-0.1, -0.05) is 20.8 Å². The van der Waals surface area contributed by atoms with Gasteiger partial charge >= 0.3 is 0 Å². The second-order valence-electron chi connectivity index (χ2n) is 6.22. The Morgan fingerprint density at radius 2 is 2.26 bits per heavy atom. The molecule has 5 nitrogen and oxygen atoms in total. The third kappa shape index (κ3) is 2.42. The van der Waals surface area contributed by atoms with Crippen LogP contribution >= 0.6 is 0 Å². The molecule has 1 aliphatic heterocycles. The molecule has 2 aromatic rings. The molecule has 2 N–H and O–H groups in total. The summed E-state index contributed by atoms with van der Waals surface area (Å²) in [7, 11) is 0. The molecule has 0 radical (unpaired) electrons. The van der Waals surface area contributed by atoms with Crippen molar-refractivity contribution in [2.45, 2.75) is 38.6 Å². The maximum atomic E-state index is 4.64. The minimum Gasteiger partial charge on any atom is -0.364 e.